The number of nitrogens with one attached hydrogen (secondary N) is 2. The first-order valence-electron chi connectivity index (χ1n) is 12.0. The van der Waals surface area contributed by atoms with Gasteiger partial charge in [-0.1, -0.05) is 42.2 Å². The Bertz CT molecular complexity index is 940. The molecule has 2 aliphatic rings. The van der Waals surface area contributed by atoms with Crippen LogP contribution in [0.3, 0.4) is 0 Å². The number of nitrogens with zero attached hydrogens (tertiary/aromatic N) is 3. The first kappa shape index (κ1) is 22.7. The number of benzene rings is 1. The van der Waals surface area contributed by atoms with E-state index in [2.05, 4.69) is 42.7 Å². The van der Waals surface area contributed by atoms with Gasteiger partial charge in [0.25, 0.3) is 0 Å². The molecule has 6 heteroatoms. The molecular formula is C26H37N5O. The van der Waals surface area contributed by atoms with E-state index >= 15 is 0 Å². The van der Waals surface area contributed by atoms with Crippen LogP contribution in [0.4, 0.5) is 5.82 Å². The summed E-state index contributed by atoms with van der Waals surface area (Å²) in [6.45, 7) is 6.75. The van der Waals surface area contributed by atoms with Crippen LogP contribution >= 0.6 is 0 Å². The first-order valence-corrected chi connectivity index (χ1v) is 12.0. The number of aryl methyl sites for hydroxylation is 2. The average Bonchev–Trinajstić information content (AvgIpc) is 3.29. The highest BCUT2D eigenvalue weighted by Gasteiger charge is 2.44. The summed E-state index contributed by atoms with van der Waals surface area (Å²) in [6.07, 6.45) is 6.15. The Kier molecular flexibility index (Phi) is 6.79. The van der Waals surface area contributed by atoms with Crippen LogP contribution in [0.15, 0.2) is 24.3 Å². The number of hydrogen-bond acceptors (Lipinski definition) is 5. The van der Waals surface area contributed by atoms with Crippen LogP contribution in [-0.4, -0.2) is 48.0 Å². The van der Waals surface area contributed by atoms with Gasteiger partial charge in [0, 0.05) is 26.1 Å². The van der Waals surface area contributed by atoms with E-state index in [4.69, 9.17) is 9.97 Å². The lowest BCUT2D eigenvalue weighted by atomic mass is 9.76. The molecule has 1 saturated heterocycles. The predicted molar refractivity (Wildman–Crippen MR) is 129 cm³/mol. The highest BCUT2D eigenvalue weighted by Crippen LogP contribution is 2.43. The summed E-state index contributed by atoms with van der Waals surface area (Å²) in [4.78, 5) is 25.4. The van der Waals surface area contributed by atoms with Crippen molar-refractivity contribution in [3.8, 4) is 0 Å². The first-order chi connectivity index (χ1) is 15.4. The number of hydrogen-bond donors (Lipinski definition) is 2. The molecule has 2 heterocycles. The van der Waals surface area contributed by atoms with E-state index < -0.39 is 5.41 Å². The molecule has 1 aliphatic heterocycles. The molecule has 0 spiro atoms. The van der Waals surface area contributed by atoms with Crippen LogP contribution < -0.4 is 10.6 Å². The molecular weight excluding hydrogens is 398 g/mol. The van der Waals surface area contributed by atoms with E-state index in [-0.39, 0.29) is 5.91 Å². The molecule has 1 aliphatic carbocycles. The molecule has 4 rings (SSSR count). The minimum Gasteiger partial charge on any atom is -0.373 e. The number of rotatable bonds is 6. The number of aromatic nitrogens is 2. The minimum atomic E-state index is -0.414. The number of anilines is 1. The number of carbonyl (C=O) groups excluding carboxylic acids is 1. The molecule has 6 nitrogen and oxygen atoms in total. The maximum atomic E-state index is 13.9. The van der Waals surface area contributed by atoms with Crippen molar-refractivity contribution in [1.82, 2.24) is 20.2 Å². The van der Waals surface area contributed by atoms with Gasteiger partial charge in [-0.2, -0.15) is 0 Å². The lowest BCUT2D eigenvalue weighted by Gasteiger charge is -2.33. The smallest absolute Gasteiger partial charge is 0.233 e. The molecule has 2 fully saturated rings. The summed E-state index contributed by atoms with van der Waals surface area (Å²) >= 11 is 0. The summed E-state index contributed by atoms with van der Waals surface area (Å²) < 4.78 is 0. The van der Waals surface area contributed by atoms with Gasteiger partial charge >= 0.3 is 0 Å². The maximum absolute atomic E-state index is 13.9. The second-order valence-corrected chi connectivity index (χ2v) is 9.70. The zero-order valence-electron chi connectivity index (χ0n) is 20.0. The van der Waals surface area contributed by atoms with Gasteiger partial charge in [-0.15, -0.1) is 0 Å². The number of likely N-dealkylation sites (N-methyl/N-ethyl adjacent to an activating group) is 1. The molecule has 2 aromatic rings. The standard InChI is InChI=1S/C26H37N5O/c1-18-13-19(2)15-21(14-18)26(9-5-6-10-26)25(32)31(4)17-22-16-23(27-3)30-24(29-22)20-7-11-28-12-8-20/h13-16,20,28H,5-12,17H2,1-4H3,(H,27,29,30). The van der Waals surface area contributed by atoms with E-state index in [1.807, 2.05) is 25.1 Å². The third-order valence-corrected chi connectivity index (χ3v) is 7.14. The Morgan fingerprint density at radius 2 is 1.75 bits per heavy atom. The fraction of sp³-hybridized carbons (Fsp3) is 0.577. The summed E-state index contributed by atoms with van der Waals surface area (Å²) in [7, 11) is 3.82. The van der Waals surface area contributed by atoms with Gasteiger partial charge in [0.15, 0.2) is 0 Å². The Labute approximate surface area is 192 Å². The molecule has 0 unspecified atom stereocenters. The van der Waals surface area contributed by atoms with Crippen LogP contribution in [0.2, 0.25) is 0 Å². The molecule has 0 bridgehead atoms. The maximum Gasteiger partial charge on any atom is 0.233 e. The minimum absolute atomic E-state index is 0.216. The van der Waals surface area contributed by atoms with E-state index in [1.165, 1.54) is 16.7 Å². The van der Waals surface area contributed by atoms with Crippen LogP contribution in [0.5, 0.6) is 0 Å². The van der Waals surface area contributed by atoms with Crippen molar-refractivity contribution in [1.29, 1.82) is 0 Å². The Balaban J connectivity index is 1.59. The van der Waals surface area contributed by atoms with Gasteiger partial charge < -0.3 is 15.5 Å². The van der Waals surface area contributed by atoms with E-state index in [9.17, 15) is 4.79 Å². The van der Waals surface area contributed by atoms with Gasteiger partial charge in [0.2, 0.25) is 5.91 Å². The van der Waals surface area contributed by atoms with Gasteiger partial charge in [0.1, 0.15) is 11.6 Å². The largest absolute Gasteiger partial charge is 0.373 e. The molecule has 0 atom stereocenters. The molecule has 1 aromatic carbocycles. The zero-order chi connectivity index (χ0) is 22.7. The normalized spacial score (nSPS) is 18.5. The summed E-state index contributed by atoms with van der Waals surface area (Å²) in [5.41, 5.74) is 4.12. The fourth-order valence-electron chi connectivity index (χ4n) is 5.53. The molecule has 32 heavy (non-hydrogen) atoms. The van der Waals surface area contributed by atoms with Crippen LogP contribution in [0.25, 0.3) is 0 Å². The van der Waals surface area contributed by atoms with Gasteiger partial charge in [-0.25, -0.2) is 9.97 Å². The molecule has 1 saturated carbocycles. The third-order valence-electron chi connectivity index (χ3n) is 7.14. The third kappa shape index (κ3) is 4.65. The topological polar surface area (TPSA) is 70.2 Å². The zero-order valence-corrected chi connectivity index (χ0v) is 20.0. The summed E-state index contributed by atoms with van der Waals surface area (Å²) in [5, 5.41) is 6.59. The van der Waals surface area contributed by atoms with Crippen LogP contribution in [0.1, 0.15) is 72.7 Å². The molecule has 1 aromatic heterocycles. The van der Waals surface area contributed by atoms with Crippen molar-refractivity contribution in [3.05, 3.63) is 52.5 Å². The SMILES string of the molecule is CNc1cc(CN(C)C(=O)C2(c3cc(C)cc(C)c3)CCCC2)nc(C2CCNCC2)n1. The van der Waals surface area contributed by atoms with E-state index in [0.717, 1.165) is 69.0 Å². The highest BCUT2D eigenvalue weighted by molar-refractivity contribution is 5.88. The van der Waals surface area contributed by atoms with Crippen molar-refractivity contribution >= 4 is 11.7 Å². The number of piperidine rings is 1. The predicted octanol–water partition coefficient (Wildman–Crippen LogP) is 4.07. The van der Waals surface area contributed by atoms with Gasteiger partial charge in [-0.3, -0.25) is 4.79 Å². The number of amides is 1. The fourth-order valence-corrected chi connectivity index (χ4v) is 5.53. The van der Waals surface area contributed by atoms with Crippen LogP contribution in [0, 0.1) is 13.8 Å². The number of carbonyl (C=O) groups is 1. The average molecular weight is 436 g/mol. The van der Waals surface area contributed by atoms with Gasteiger partial charge in [-0.05, 0) is 58.2 Å². The Hall–Kier alpha value is -2.47. The summed E-state index contributed by atoms with van der Waals surface area (Å²) in [5.74, 6) is 2.32. The highest BCUT2D eigenvalue weighted by atomic mass is 16.2. The van der Waals surface area contributed by atoms with Crippen molar-refractivity contribution in [2.45, 2.75) is 70.3 Å². The molecule has 0 radical (unpaired) electrons. The quantitative estimate of drug-likeness (QED) is 0.716. The molecule has 172 valence electrons. The monoisotopic (exact) mass is 435 g/mol. The van der Waals surface area contributed by atoms with E-state index in [1.54, 1.807) is 0 Å². The second-order valence-electron chi connectivity index (χ2n) is 9.70. The molecule has 1 amide bonds. The van der Waals surface area contributed by atoms with E-state index in [0.29, 0.717) is 12.5 Å². The Morgan fingerprint density at radius 3 is 2.38 bits per heavy atom. The van der Waals surface area contributed by atoms with Crippen LogP contribution in [-0.2, 0) is 16.8 Å². The second kappa shape index (κ2) is 9.57. The summed E-state index contributed by atoms with van der Waals surface area (Å²) in [6, 6.07) is 8.58. The Morgan fingerprint density at radius 1 is 1.09 bits per heavy atom. The van der Waals surface area contributed by atoms with Crippen molar-refractivity contribution in [2.75, 3.05) is 32.5 Å². The lowest BCUT2D eigenvalue weighted by molar-refractivity contribution is -0.136. The molecule has 2 N–H and O–H groups in total. The lowest BCUT2D eigenvalue weighted by Crippen LogP contribution is -2.43. The van der Waals surface area contributed by atoms with Crippen molar-refractivity contribution in [2.24, 2.45) is 0 Å². The van der Waals surface area contributed by atoms with Crippen molar-refractivity contribution in [3.63, 3.8) is 0 Å². The van der Waals surface area contributed by atoms with Gasteiger partial charge in [0.05, 0.1) is 17.7 Å². The van der Waals surface area contributed by atoms with Crippen molar-refractivity contribution < 1.29 is 4.79 Å².